The number of unbranched alkanes of at least 4 members (excludes halogenated alkanes) is 13. The Kier molecular flexibility index (Phi) is 19.3. The quantitative estimate of drug-likeness (QED) is 0.0391. The highest BCUT2D eigenvalue weighted by atomic mass is 31.2. The van der Waals surface area contributed by atoms with Crippen molar-refractivity contribution in [3.8, 4) is 0 Å². The second-order valence-corrected chi connectivity index (χ2v) is 14.6. The number of hydrogen-bond acceptors (Lipinski definition) is 6. The average Bonchev–Trinajstić information content (AvgIpc) is 3.00. The first-order valence-electron chi connectivity index (χ1n) is 17.6. The van der Waals surface area contributed by atoms with Gasteiger partial charge in [0.1, 0.15) is 0 Å². The number of benzene rings is 1. The summed E-state index contributed by atoms with van der Waals surface area (Å²) < 4.78 is 36.5. The van der Waals surface area contributed by atoms with Crippen LogP contribution in [0, 0.1) is 0 Å². The Labute approximate surface area is 274 Å². The summed E-state index contributed by atoms with van der Waals surface area (Å²) >= 11 is 0. The van der Waals surface area contributed by atoms with Gasteiger partial charge in [-0.25, -0.2) is 4.57 Å². The number of rotatable bonds is 24. The molecule has 0 amide bonds. The Morgan fingerprint density at radius 2 is 1.44 bits per heavy atom. The van der Waals surface area contributed by atoms with Crippen LogP contribution in [0.25, 0.3) is 5.76 Å². The van der Waals surface area contributed by atoms with Crippen molar-refractivity contribution in [1.82, 2.24) is 0 Å². The zero-order valence-electron chi connectivity index (χ0n) is 29.0. The summed E-state index contributed by atoms with van der Waals surface area (Å²) in [7, 11) is -0.390. The smallest absolute Gasteiger partial charge is 0.457 e. The molecule has 3 atom stereocenters. The SMILES string of the molecule is CCCCCCCCCCCCCCCCOC(C)C(COP(=O)(O)OC(=C1CCCC[N+]1(C)C)c1ccccc1)OC(C)=O. The third kappa shape index (κ3) is 16.6. The minimum Gasteiger partial charge on any atom is -0.457 e. The highest BCUT2D eigenvalue weighted by Crippen LogP contribution is 2.50. The Bertz CT molecular complexity index is 1030. The largest absolute Gasteiger partial charge is 0.527 e. The number of hydrogen-bond donors (Lipinski definition) is 1. The molecule has 8 nitrogen and oxygen atoms in total. The minimum absolute atomic E-state index is 0.317. The van der Waals surface area contributed by atoms with Gasteiger partial charge in [0.2, 0.25) is 0 Å². The van der Waals surface area contributed by atoms with Gasteiger partial charge in [0.05, 0.1) is 33.4 Å². The van der Waals surface area contributed by atoms with Crippen molar-refractivity contribution < 1.29 is 37.3 Å². The van der Waals surface area contributed by atoms with Crippen LogP contribution in [-0.4, -0.2) is 61.4 Å². The molecule has 1 aliphatic heterocycles. The molecule has 1 aliphatic rings. The van der Waals surface area contributed by atoms with E-state index in [4.69, 9.17) is 18.5 Å². The maximum atomic E-state index is 13.3. The van der Waals surface area contributed by atoms with E-state index in [1.54, 1.807) is 6.92 Å². The predicted molar refractivity (Wildman–Crippen MR) is 182 cm³/mol. The molecule has 2 rings (SSSR count). The number of allylic oxidation sites excluding steroid dienone is 1. The molecule has 0 radical (unpaired) electrons. The molecule has 1 heterocycles. The first kappa shape index (κ1) is 39.5. The molecule has 0 spiro atoms. The second-order valence-electron chi connectivity index (χ2n) is 13.2. The zero-order valence-corrected chi connectivity index (χ0v) is 29.9. The number of likely N-dealkylation sites (tertiary alicyclic amines) is 1. The van der Waals surface area contributed by atoms with Gasteiger partial charge in [0.15, 0.2) is 17.6 Å². The van der Waals surface area contributed by atoms with Crippen LogP contribution in [0.3, 0.4) is 0 Å². The van der Waals surface area contributed by atoms with Gasteiger partial charge in [0.25, 0.3) is 0 Å². The van der Waals surface area contributed by atoms with E-state index in [1.807, 2.05) is 30.3 Å². The lowest BCUT2D eigenvalue weighted by atomic mass is 10.0. The number of carbonyl (C=O) groups excluding carboxylic acids is 1. The third-order valence-corrected chi connectivity index (χ3v) is 9.63. The topological polar surface area (TPSA) is 91.3 Å². The maximum absolute atomic E-state index is 13.3. The highest BCUT2D eigenvalue weighted by molar-refractivity contribution is 7.47. The van der Waals surface area contributed by atoms with E-state index in [1.165, 1.54) is 84.0 Å². The van der Waals surface area contributed by atoms with Gasteiger partial charge in [-0.05, 0) is 26.2 Å². The standard InChI is InChI=1S/C36H62NO7P/c1-6-7-8-9-10-11-12-13-14-15-16-17-18-24-29-41-31(2)35(43-32(3)38)30-42-45(39,40)44-36(33-25-20-19-21-26-33)34-27-22-23-28-37(34,4)5/h19-21,25-26,31,35H,6-18,22-24,27-30H2,1-5H3/p+1. The lowest BCUT2D eigenvalue weighted by Gasteiger charge is -2.36. The molecular weight excluding hydrogens is 589 g/mol. The van der Waals surface area contributed by atoms with Crippen molar-refractivity contribution in [2.45, 2.75) is 142 Å². The lowest BCUT2D eigenvalue weighted by Crippen LogP contribution is -2.42. The maximum Gasteiger partial charge on any atom is 0.527 e. The molecule has 0 saturated carbocycles. The van der Waals surface area contributed by atoms with Crippen molar-refractivity contribution in [2.75, 3.05) is 33.9 Å². The molecule has 1 aromatic rings. The summed E-state index contributed by atoms with van der Waals surface area (Å²) in [5.74, 6) is -0.130. The van der Waals surface area contributed by atoms with E-state index in [9.17, 15) is 14.3 Å². The van der Waals surface area contributed by atoms with Crippen LogP contribution in [0.1, 0.15) is 135 Å². The number of phosphoric ester groups is 1. The van der Waals surface area contributed by atoms with Crippen LogP contribution >= 0.6 is 7.82 Å². The van der Waals surface area contributed by atoms with Gasteiger partial charge in [-0.1, -0.05) is 121 Å². The average molecular weight is 653 g/mol. The fraction of sp³-hybridized carbons (Fsp3) is 0.750. The number of quaternary nitrogens is 1. The summed E-state index contributed by atoms with van der Waals surface area (Å²) in [6.45, 7) is 6.49. The van der Waals surface area contributed by atoms with E-state index >= 15 is 0 Å². The fourth-order valence-electron chi connectivity index (χ4n) is 5.95. The summed E-state index contributed by atoms with van der Waals surface area (Å²) in [5.41, 5.74) is 1.67. The van der Waals surface area contributed by atoms with Crippen molar-refractivity contribution in [1.29, 1.82) is 0 Å². The Morgan fingerprint density at radius 1 is 0.889 bits per heavy atom. The van der Waals surface area contributed by atoms with Crippen LogP contribution in [-0.2, 0) is 27.9 Å². The number of carbonyl (C=O) groups is 1. The molecule has 258 valence electrons. The number of nitrogens with zero attached hydrogens (tertiary/aromatic N) is 1. The number of phosphoric acid groups is 1. The van der Waals surface area contributed by atoms with Gasteiger partial charge in [-0.15, -0.1) is 0 Å². The molecule has 1 aromatic carbocycles. The van der Waals surface area contributed by atoms with Crippen molar-refractivity contribution >= 4 is 19.6 Å². The monoisotopic (exact) mass is 652 g/mol. The Hall–Kier alpha value is -1.70. The molecule has 0 bridgehead atoms. The second kappa shape index (κ2) is 22.0. The molecule has 9 heteroatoms. The van der Waals surface area contributed by atoms with Crippen LogP contribution in [0.5, 0.6) is 0 Å². The van der Waals surface area contributed by atoms with Crippen molar-refractivity contribution in [3.63, 3.8) is 0 Å². The molecule has 3 unspecified atom stereocenters. The molecular formula is C36H63NO7P+. The molecule has 1 fully saturated rings. The molecule has 0 aliphatic carbocycles. The fourth-order valence-corrected chi connectivity index (χ4v) is 6.78. The van der Waals surface area contributed by atoms with E-state index in [0.29, 0.717) is 16.8 Å². The molecule has 0 aromatic heterocycles. The third-order valence-electron chi connectivity index (χ3n) is 8.74. The first-order valence-corrected chi connectivity index (χ1v) is 19.1. The van der Waals surface area contributed by atoms with E-state index < -0.39 is 26.0 Å². The number of piperidine rings is 1. The van der Waals surface area contributed by atoms with E-state index in [0.717, 1.165) is 49.9 Å². The van der Waals surface area contributed by atoms with Crippen LogP contribution < -0.4 is 0 Å². The molecule has 1 N–H and O–H groups in total. The Morgan fingerprint density at radius 3 is 1.98 bits per heavy atom. The van der Waals surface area contributed by atoms with Crippen LogP contribution in [0.2, 0.25) is 0 Å². The summed E-state index contributed by atoms with van der Waals surface area (Å²) in [6.07, 6.45) is 19.5. The summed E-state index contributed by atoms with van der Waals surface area (Å²) in [4.78, 5) is 22.6. The molecule has 45 heavy (non-hydrogen) atoms. The summed E-state index contributed by atoms with van der Waals surface area (Å²) in [6, 6.07) is 9.38. The Balaban J connectivity index is 1.77. The minimum atomic E-state index is -4.55. The van der Waals surface area contributed by atoms with Gasteiger partial charge in [-0.2, -0.15) is 0 Å². The predicted octanol–water partition coefficient (Wildman–Crippen LogP) is 9.57. The lowest BCUT2D eigenvalue weighted by molar-refractivity contribution is -0.857. The molecule has 1 saturated heterocycles. The first-order chi connectivity index (χ1) is 21.6. The highest BCUT2D eigenvalue weighted by Gasteiger charge is 2.36. The normalized spacial score (nSPS) is 18.5. The van der Waals surface area contributed by atoms with E-state index in [2.05, 4.69) is 21.0 Å². The summed E-state index contributed by atoms with van der Waals surface area (Å²) in [5, 5.41) is 0. The number of ether oxygens (including phenoxy) is 2. The van der Waals surface area contributed by atoms with Gasteiger partial charge >= 0.3 is 13.8 Å². The van der Waals surface area contributed by atoms with E-state index in [-0.39, 0.29) is 6.61 Å². The van der Waals surface area contributed by atoms with Crippen LogP contribution in [0.15, 0.2) is 36.0 Å². The van der Waals surface area contributed by atoms with Gasteiger partial charge in [0, 0.05) is 25.5 Å². The van der Waals surface area contributed by atoms with Gasteiger partial charge < -0.3 is 14.0 Å². The number of esters is 1. The van der Waals surface area contributed by atoms with Gasteiger partial charge in [-0.3, -0.25) is 18.7 Å². The van der Waals surface area contributed by atoms with Crippen LogP contribution in [0.4, 0.5) is 0 Å². The van der Waals surface area contributed by atoms with Crippen molar-refractivity contribution in [3.05, 3.63) is 41.6 Å². The zero-order chi connectivity index (χ0) is 33.0. The van der Waals surface area contributed by atoms with Crippen molar-refractivity contribution in [2.24, 2.45) is 0 Å².